The number of nitrogens with zero attached hydrogens (tertiary/aromatic N) is 4. The molecule has 0 saturated carbocycles. The summed E-state index contributed by atoms with van der Waals surface area (Å²) in [6, 6.07) is 17.8. The molecule has 0 fully saturated rings. The van der Waals surface area contributed by atoms with Crippen molar-refractivity contribution in [3.8, 4) is 5.69 Å². The number of nitrogens with one attached hydrogen (secondary N) is 1. The Hall–Kier alpha value is -3.98. The second kappa shape index (κ2) is 6.49. The highest BCUT2D eigenvalue weighted by Crippen LogP contribution is 2.22. The number of fused-ring (bicyclic) bond motifs is 1. The number of hydrogen-bond donors (Lipinski definition) is 1. The van der Waals surface area contributed by atoms with Gasteiger partial charge in [0.25, 0.3) is 5.56 Å². The van der Waals surface area contributed by atoms with Crippen LogP contribution in [0.1, 0.15) is 0 Å². The second-order valence-corrected chi connectivity index (χ2v) is 5.59. The van der Waals surface area contributed by atoms with E-state index in [-0.39, 0.29) is 5.56 Å². The van der Waals surface area contributed by atoms with Crippen LogP contribution in [0, 0.1) is 6.57 Å². The van der Waals surface area contributed by atoms with Gasteiger partial charge < -0.3 is 5.32 Å². The Morgan fingerprint density at radius 1 is 1.04 bits per heavy atom. The summed E-state index contributed by atoms with van der Waals surface area (Å²) < 4.78 is 1.50. The Labute approximate surface area is 149 Å². The molecule has 0 aliphatic heterocycles. The molecule has 0 aliphatic carbocycles. The zero-order valence-corrected chi connectivity index (χ0v) is 13.6. The lowest BCUT2D eigenvalue weighted by Gasteiger charge is -2.15. The van der Waals surface area contributed by atoms with Crippen LogP contribution in [0.5, 0.6) is 0 Å². The van der Waals surface area contributed by atoms with Gasteiger partial charge in [-0.2, -0.15) is 0 Å². The van der Waals surface area contributed by atoms with Crippen molar-refractivity contribution in [2.45, 2.75) is 0 Å². The summed E-state index contributed by atoms with van der Waals surface area (Å²) in [6.07, 6.45) is 3.34. The topological polar surface area (TPSA) is 64.2 Å². The minimum atomic E-state index is -0.238. The van der Waals surface area contributed by atoms with Crippen LogP contribution in [0.25, 0.3) is 21.4 Å². The minimum absolute atomic E-state index is 0.238. The van der Waals surface area contributed by atoms with E-state index >= 15 is 0 Å². The van der Waals surface area contributed by atoms with E-state index in [1.807, 2.05) is 36.4 Å². The first kappa shape index (κ1) is 15.5. The molecule has 6 nitrogen and oxygen atoms in total. The first-order valence-corrected chi connectivity index (χ1v) is 7.93. The molecule has 6 heteroatoms. The predicted octanol–water partition coefficient (Wildman–Crippen LogP) is 4.08. The number of benzene rings is 2. The molecular formula is C20H13N5O. The molecule has 2 aromatic carbocycles. The standard InChI is InChI=1S/C20H13N5O/c1-21-14-9-10-18-17(12-14)19(26)25(16-7-3-2-4-8-16)20(24-18)23-15-6-5-11-22-13-15/h2-13H,(H,23,24). The third-order valence-electron chi connectivity index (χ3n) is 3.91. The van der Waals surface area contributed by atoms with Crippen LogP contribution < -0.4 is 10.9 Å². The van der Waals surface area contributed by atoms with Crippen molar-refractivity contribution < 1.29 is 0 Å². The van der Waals surface area contributed by atoms with Gasteiger partial charge in [-0.05, 0) is 36.4 Å². The Morgan fingerprint density at radius 3 is 2.62 bits per heavy atom. The second-order valence-electron chi connectivity index (χ2n) is 5.59. The van der Waals surface area contributed by atoms with Crippen molar-refractivity contribution in [1.82, 2.24) is 14.5 Å². The molecular weight excluding hydrogens is 326 g/mol. The smallest absolute Gasteiger partial charge is 0.266 e. The highest BCUT2D eigenvalue weighted by Gasteiger charge is 2.13. The third kappa shape index (κ3) is 2.78. The van der Waals surface area contributed by atoms with Crippen LogP contribution in [-0.2, 0) is 0 Å². The lowest BCUT2D eigenvalue weighted by Crippen LogP contribution is -2.22. The third-order valence-corrected chi connectivity index (χ3v) is 3.91. The van der Waals surface area contributed by atoms with Crippen molar-refractivity contribution in [3.05, 3.63) is 94.8 Å². The molecule has 0 aliphatic rings. The van der Waals surface area contributed by atoms with E-state index in [1.165, 1.54) is 4.57 Å². The van der Waals surface area contributed by atoms with Crippen LogP contribution >= 0.6 is 0 Å². The quantitative estimate of drug-likeness (QED) is 0.571. The van der Waals surface area contributed by atoms with Gasteiger partial charge in [0.2, 0.25) is 5.95 Å². The lowest BCUT2D eigenvalue weighted by molar-refractivity contribution is 0.974. The van der Waals surface area contributed by atoms with Crippen LogP contribution in [0.15, 0.2) is 77.9 Å². The van der Waals surface area contributed by atoms with Gasteiger partial charge in [0.15, 0.2) is 5.69 Å². The van der Waals surface area contributed by atoms with Crippen LogP contribution in [-0.4, -0.2) is 14.5 Å². The molecule has 4 rings (SSSR count). The lowest BCUT2D eigenvalue weighted by atomic mass is 10.2. The molecule has 2 heterocycles. The van der Waals surface area contributed by atoms with Gasteiger partial charge in [-0.25, -0.2) is 14.4 Å². The van der Waals surface area contributed by atoms with Crippen molar-refractivity contribution in [2.24, 2.45) is 0 Å². The highest BCUT2D eigenvalue weighted by atomic mass is 16.1. The Bertz CT molecular complexity index is 1180. The Morgan fingerprint density at radius 2 is 1.88 bits per heavy atom. The summed E-state index contributed by atoms with van der Waals surface area (Å²) in [6.45, 7) is 7.17. The summed E-state index contributed by atoms with van der Waals surface area (Å²) in [5, 5.41) is 3.56. The summed E-state index contributed by atoms with van der Waals surface area (Å²) >= 11 is 0. The maximum absolute atomic E-state index is 13.2. The van der Waals surface area contributed by atoms with Gasteiger partial charge in [0.05, 0.1) is 35.0 Å². The molecule has 124 valence electrons. The molecule has 0 unspecified atom stereocenters. The highest BCUT2D eigenvalue weighted by molar-refractivity contribution is 5.83. The average molecular weight is 339 g/mol. The van der Waals surface area contributed by atoms with E-state index < -0.39 is 0 Å². The summed E-state index contributed by atoms with van der Waals surface area (Å²) in [7, 11) is 0. The zero-order chi connectivity index (χ0) is 17.9. The number of hydrogen-bond acceptors (Lipinski definition) is 4. The van der Waals surface area contributed by atoms with Crippen LogP contribution in [0.4, 0.5) is 17.3 Å². The van der Waals surface area contributed by atoms with Gasteiger partial charge in [0, 0.05) is 6.20 Å². The molecule has 0 radical (unpaired) electrons. The molecule has 26 heavy (non-hydrogen) atoms. The largest absolute Gasteiger partial charge is 0.324 e. The number of anilines is 2. The van der Waals surface area contributed by atoms with Crippen molar-refractivity contribution >= 4 is 28.2 Å². The number of rotatable bonds is 3. The Kier molecular flexibility index (Phi) is 3.88. The van der Waals surface area contributed by atoms with Crippen molar-refractivity contribution in [2.75, 3.05) is 5.32 Å². The molecule has 0 spiro atoms. The van der Waals surface area contributed by atoms with Gasteiger partial charge in [-0.3, -0.25) is 9.78 Å². The summed E-state index contributed by atoms with van der Waals surface area (Å²) in [4.78, 5) is 25.3. The molecule has 4 aromatic rings. The Balaban J connectivity index is 2.00. The predicted molar refractivity (Wildman–Crippen MR) is 101 cm³/mol. The minimum Gasteiger partial charge on any atom is -0.324 e. The van der Waals surface area contributed by atoms with Gasteiger partial charge in [-0.15, -0.1) is 0 Å². The van der Waals surface area contributed by atoms with Gasteiger partial charge >= 0.3 is 0 Å². The zero-order valence-electron chi connectivity index (χ0n) is 13.6. The monoisotopic (exact) mass is 339 g/mol. The average Bonchev–Trinajstić information content (AvgIpc) is 2.69. The summed E-state index contributed by atoms with van der Waals surface area (Å²) in [5.41, 5.74) is 2.11. The number of aromatic nitrogens is 3. The van der Waals surface area contributed by atoms with E-state index in [1.54, 1.807) is 36.7 Å². The van der Waals surface area contributed by atoms with E-state index in [0.29, 0.717) is 28.2 Å². The number of para-hydroxylation sites is 1. The SMILES string of the molecule is [C-]#[N+]c1ccc2nc(Nc3cccnc3)n(-c3ccccc3)c(=O)c2c1. The van der Waals surface area contributed by atoms with Crippen LogP contribution in [0.2, 0.25) is 0 Å². The van der Waals surface area contributed by atoms with E-state index in [0.717, 1.165) is 5.69 Å². The first-order chi connectivity index (χ1) is 12.8. The normalized spacial score (nSPS) is 10.4. The van der Waals surface area contributed by atoms with Crippen molar-refractivity contribution in [3.63, 3.8) is 0 Å². The maximum atomic E-state index is 13.2. The molecule has 2 aromatic heterocycles. The van der Waals surface area contributed by atoms with Gasteiger partial charge in [-0.1, -0.05) is 24.3 Å². The molecule has 1 N–H and O–H groups in total. The van der Waals surface area contributed by atoms with Gasteiger partial charge in [0.1, 0.15) is 0 Å². The van der Waals surface area contributed by atoms with Crippen molar-refractivity contribution in [1.29, 1.82) is 0 Å². The fourth-order valence-electron chi connectivity index (χ4n) is 2.71. The maximum Gasteiger partial charge on any atom is 0.266 e. The fraction of sp³-hybridized carbons (Fsp3) is 0. The molecule has 0 saturated heterocycles. The molecule has 0 atom stereocenters. The van der Waals surface area contributed by atoms with Crippen LogP contribution in [0.3, 0.4) is 0 Å². The van der Waals surface area contributed by atoms with E-state index in [2.05, 4.69) is 20.1 Å². The van der Waals surface area contributed by atoms with E-state index in [4.69, 9.17) is 6.57 Å². The number of pyridine rings is 1. The molecule has 0 amide bonds. The summed E-state index contributed by atoms with van der Waals surface area (Å²) in [5.74, 6) is 0.386. The first-order valence-electron chi connectivity index (χ1n) is 7.93. The molecule has 0 bridgehead atoms. The van der Waals surface area contributed by atoms with E-state index in [9.17, 15) is 4.79 Å². The fourth-order valence-corrected chi connectivity index (χ4v) is 2.71.